The van der Waals surface area contributed by atoms with Gasteiger partial charge in [-0.05, 0) is 37.3 Å². The Balaban J connectivity index is 1.69. The number of hydrogen-bond acceptors (Lipinski definition) is 1. The Morgan fingerprint density at radius 3 is 1.89 bits per heavy atom. The summed E-state index contributed by atoms with van der Waals surface area (Å²) in [5.74, 6) is 1.63. The van der Waals surface area contributed by atoms with Gasteiger partial charge in [0, 0.05) is 5.41 Å². The molecule has 2 atom stereocenters. The fraction of sp³-hybridized carbons (Fsp3) is 0.769. The van der Waals surface area contributed by atoms with Crippen LogP contribution in [-0.2, 0) is 0 Å². The highest BCUT2D eigenvalue weighted by Gasteiger charge is 2.50. The summed E-state index contributed by atoms with van der Waals surface area (Å²) in [6, 6.07) is 8.64. The first-order valence-corrected chi connectivity index (χ1v) is 11.7. The first-order valence-electron chi connectivity index (χ1n) is 11.7. The summed E-state index contributed by atoms with van der Waals surface area (Å²) in [6.07, 6.45) is 16.5. The third-order valence-corrected chi connectivity index (χ3v) is 7.42. The zero-order valence-corrected chi connectivity index (χ0v) is 18.8. The average molecular weight is 373 g/mol. The molecular formula is C26H44O. The Morgan fingerprint density at radius 1 is 0.778 bits per heavy atom. The van der Waals surface area contributed by atoms with Gasteiger partial charge < -0.3 is 4.74 Å². The zero-order chi connectivity index (χ0) is 19.8. The van der Waals surface area contributed by atoms with Crippen LogP contribution in [0.2, 0.25) is 0 Å². The minimum absolute atomic E-state index is 0.0694. The van der Waals surface area contributed by atoms with Crippen LogP contribution in [0, 0.1) is 5.41 Å². The molecule has 0 fully saturated rings. The van der Waals surface area contributed by atoms with E-state index in [1.54, 1.807) is 0 Å². The van der Waals surface area contributed by atoms with Crippen LogP contribution in [0.4, 0.5) is 0 Å². The van der Waals surface area contributed by atoms with Crippen molar-refractivity contribution in [1.82, 2.24) is 0 Å². The van der Waals surface area contributed by atoms with E-state index in [0.29, 0.717) is 5.92 Å². The summed E-state index contributed by atoms with van der Waals surface area (Å²) in [5, 5.41) is 0. The van der Waals surface area contributed by atoms with E-state index in [4.69, 9.17) is 4.74 Å². The Labute approximate surface area is 169 Å². The van der Waals surface area contributed by atoms with Gasteiger partial charge in [-0.1, -0.05) is 110 Å². The van der Waals surface area contributed by atoms with Crippen LogP contribution >= 0.6 is 0 Å². The predicted octanol–water partition coefficient (Wildman–Crippen LogP) is 8.67. The number of benzene rings is 1. The first kappa shape index (κ1) is 22.3. The van der Waals surface area contributed by atoms with Crippen molar-refractivity contribution >= 4 is 0 Å². The van der Waals surface area contributed by atoms with Crippen molar-refractivity contribution in [3.8, 4) is 5.75 Å². The lowest BCUT2D eigenvalue weighted by atomic mass is 9.62. The summed E-state index contributed by atoms with van der Waals surface area (Å²) in [5.41, 5.74) is 1.46. The van der Waals surface area contributed by atoms with Crippen LogP contribution in [0.1, 0.15) is 123 Å². The van der Waals surface area contributed by atoms with E-state index >= 15 is 0 Å². The minimum Gasteiger partial charge on any atom is -0.487 e. The minimum atomic E-state index is -0.0694. The highest BCUT2D eigenvalue weighted by Crippen LogP contribution is 2.54. The lowest BCUT2D eigenvalue weighted by Gasteiger charge is -2.52. The quantitative estimate of drug-likeness (QED) is 0.333. The molecule has 27 heavy (non-hydrogen) atoms. The molecule has 0 aromatic heterocycles. The SMILES string of the molecule is CCCCCCCCCCCCCC1(C)Oc2ccccc2C(C)C1(C)C. The summed E-state index contributed by atoms with van der Waals surface area (Å²) in [4.78, 5) is 0. The summed E-state index contributed by atoms with van der Waals surface area (Å²) in [6.45, 7) is 11.8. The van der Waals surface area contributed by atoms with Crippen molar-refractivity contribution in [2.45, 2.75) is 123 Å². The molecule has 0 saturated heterocycles. The zero-order valence-electron chi connectivity index (χ0n) is 18.8. The molecule has 0 bridgehead atoms. The highest BCUT2D eigenvalue weighted by molar-refractivity contribution is 5.40. The van der Waals surface area contributed by atoms with E-state index in [-0.39, 0.29) is 11.0 Å². The Bertz CT molecular complexity index is 547. The van der Waals surface area contributed by atoms with Crippen molar-refractivity contribution in [3.63, 3.8) is 0 Å². The number of rotatable bonds is 12. The average Bonchev–Trinajstić information content (AvgIpc) is 2.65. The second kappa shape index (κ2) is 10.5. The van der Waals surface area contributed by atoms with Crippen LogP contribution in [0.5, 0.6) is 5.75 Å². The molecule has 1 aromatic rings. The molecule has 1 nitrogen and oxygen atoms in total. The van der Waals surface area contributed by atoms with Gasteiger partial charge in [0.15, 0.2) is 0 Å². The van der Waals surface area contributed by atoms with Crippen LogP contribution in [0.15, 0.2) is 24.3 Å². The molecule has 1 aliphatic heterocycles. The molecule has 1 heteroatoms. The van der Waals surface area contributed by atoms with Crippen LogP contribution < -0.4 is 4.74 Å². The fourth-order valence-corrected chi connectivity index (χ4v) is 4.65. The largest absolute Gasteiger partial charge is 0.487 e. The van der Waals surface area contributed by atoms with Crippen molar-refractivity contribution < 1.29 is 4.74 Å². The number of fused-ring (bicyclic) bond motifs is 1. The number of para-hydroxylation sites is 1. The molecule has 0 radical (unpaired) electrons. The summed E-state index contributed by atoms with van der Waals surface area (Å²) >= 11 is 0. The normalized spacial score (nSPS) is 23.7. The van der Waals surface area contributed by atoms with Gasteiger partial charge >= 0.3 is 0 Å². The highest BCUT2D eigenvalue weighted by atomic mass is 16.5. The molecule has 2 rings (SSSR count). The van der Waals surface area contributed by atoms with Crippen LogP contribution in [0.25, 0.3) is 0 Å². The van der Waals surface area contributed by atoms with E-state index < -0.39 is 0 Å². The third kappa shape index (κ3) is 5.75. The lowest BCUT2D eigenvalue weighted by Crippen LogP contribution is -2.52. The monoisotopic (exact) mass is 372 g/mol. The molecule has 1 aliphatic rings. The maximum Gasteiger partial charge on any atom is 0.123 e. The topological polar surface area (TPSA) is 9.23 Å². The van der Waals surface area contributed by atoms with Crippen molar-refractivity contribution in [3.05, 3.63) is 29.8 Å². The smallest absolute Gasteiger partial charge is 0.123 e. The Kier molecular flexibility index (Phi) is 8.70. The van der Waals surface area contributed by atoms with Gasteiger partial charge in [-0.25, -0.2) is 0 Å². The maximum absolute atomic E-state index is 6.60. The van der Waals surface area contributed by atoms with Crippen LogP contribution in [-0.4, -0.2) is 5.60 Å². The molecule has 1 aromatic carbocycles. The lowest BCUT2D eigenvalue weighted by molar-refractivity contribution is -0.0656. The summed E-state index contributed by atoms with van der Waals surface area (Å²) < 4.78 is 6.60. The second-order valence-corrected chi connectivity index (χ2v) is 9.60. The van der Waals surface area contributed by atoms with E-state index in [1.165, 1.54) is 76.2 Å². The van der Waals surface area contributed by atoms with Gasteiger partial charge in [-0.2, -0.15) is 0 Å². The van der Waals surface area contributed by atoms with Crippen molar-refractivity contribution in [1.29, 1.82) is 0 Å². The standard InChI is InChI=1S/C26H44O/c1-6-7-8-9-10-11-12-13-14-15-18-21-26(5)25(3,4)22(2)23-19-16-17-20-24(23)27-26/h16-17,19-20,22H,6-15,18,21H2,1-5H3. The van der Waals surface area contributed by atoms with Gasteiger partial charge in [0.05, 0.1) is 0 Å². The van der Waals surface area contributed by atoms with E-state index in [9.17, 15) is 0 Å². The van der Waals surface area contributed by atoms with Gasteiger partial charge in [0.2, 0.25) is 0 Å². The van der Waals surface area contributed by atoms with E-state index in [0.717, 1.165) is 12.2 Å². The Morgan fingerprint density at radius 2 is 1.30 bits per heavy atom. The predicted molar refractivity (Wildman–Crippen MR) is 119 cm³/mol. The van der Waals surface area contributed by atoms with Gasteiger partial charge in [0.25, 0.3) is 0 Å². The number of hydrogen-bond donors (Lipinski definition) is 0. The molecule has 0 aliphatic carbocycles. The van der Waals surface area contributed by atoms with Gasteiger partial charge in [-0.15, -0.1) is 0 Å². The van der Waals surface area contributed by atoms with Crippen LogP contribution in [0.3, 0.4) is 0 Å². The summed E-state index contributed by atoms with van der Waals surface area (Å²) in [7, 11) is 0. The van der Waals surface area contributed by atoms with E-state index in [1.807, 2.05) is 0 Å². The Hall–Kier alpha value is -0.980. The first-order chi connectivity index (χ1) is 12.9. The molecule has 154 valence electrons. The molecule has 0 amide bonds. The van der Waals surface area contributed by atoms with Crippen molar-refractivity contribution in [2.75, 3.05) is 0 Å². The number of unbranched alkanes of at least 4 members (excludes halogenated alkanes) is 10. The molecule has 1 heterocycles. The van der Waals surface area contributed by atoms with Gasteiger partial charge in [0.1, 0.15) is 11.4 Å². The fourth-order valence-electron chi connectivity index (χ4n) is 4.65. The van der Waals surface area contributed by atoms with Crippen molar-refractivity contribution in [2.24, 2.45) is 5.41 Å². The molecular weight excluding hydrogens is 328 g/mol. The number of ether oxygens (including phenoxy) is 1. The second-order valence-electron chi connectivity index (χ2n) is 9.60. The molecule has 0 N–H and O–H groups in total. The molecule has 0 spiro atoms. The molecule has 2 unspecified atom stereocenters. The van der Waals surface area contributed by atoms with Gasteiger partial charge in [-0.3, -0.25) is 0 Å². The van der Waals surface area contributed by atoms with E-state index in [2.05, 4.69) is 58.9 Å². The third-order valence-electron chi connectivity index (χ3n) is 7.42. The molecule has 0 saturated carbocycles. The maximum atomic E-state index is 6.60.